The van der Waals surface area contributed by atoms with Crippen LogP contribution in [0.4, 0.5) is 18.9 Å². The second-order valence-electron chi connectivity index (χ2n) is 4.57. The molecule has 0 unspecified atom stereocenters. The number of hydrogen-bond acceptors (Lipinski definition) is 2. The second kappa shape index (κ2) is 6.10. The lowest BCUT2D eigenvalue weighted by Gasteiger charge is -2.27. The Morgan fingerprint density at radius 1 is 1.16 bits per heavy atom. The zero-order valence-corrected chi connectivity index (χ0v) is 10.6. The van der Waals surface area contributed by atoms with E-state index in [1.54, 1.807) is 0 Å². The van der Waals surface area contributed by atoms with E-state index in [1.807, 2.05) is 35.2 Å². The number of rotatable bonds is 4. The number of alkyl halides is 3. The van der Waals surface area contributed by atoms with Crippen molar-refractivity contribution >= 4 is 5.69 Å². The minimum absolute atomic E-state index is 0.0921. The van der Waals surface area contributed by atoms with Gasteiger partial charge in [0.15, 0.2) is 0 Å². The average molecular weight is 270 g/mol. The predicted molar refractivity (Wildman–Crippen MR) is 70.1 cm³/mol. The second-order valence-corrected chi connectivity index (χ2v) is 4.57. The molecule has 2 nitrogen and oxygen atoms in total. The molecule has 0 saturated carbocycles. The van der Waals surface area contributed by atoms with Crippen LogP contribution in [0.3, 0.4) is 0 Å². The third-order valence-corrected chi connectivity index (χ3v) is 3.19. The van der Waals surface area contributed by atoms with Crippen molar-refractivity contribution in [3.05, 3.63) is 42.0 Å². The van der Waals surface area contributed by atoms with Crippen LogP contribution in [0.5, 0.6) is 0 Å². The highest BCUT2D eigenvalue weighted by Crippen LogP contribution is 2.29. The van der Waals surface area contributed by atoms with Gasteiger partial charge >= 0.3 is 6.18 Å². The van der Waals surface area contributed by atoms with Crippen LogP contribution < -0.4 is 5.32 Å². The molecule has 19 heavy (non-hydrogen) atoms. The van der Waals surface area contributed by atoms with Gasteiger partial charge in [-0.05, 0) is 18.6 Å². The molecule has 1 aliphatic heterocycles. The van der Waals surface area contributed by atoms with Crippen molar-refractivity contribution in [2.45, 2.75) is 12.6 Å². The van der Waals surface area contributed by atoms with Crippen LogP contribution in [0, 0.1) is 0 Å². The van der Waals surface area contributed by atoms with Crippen molar-refractivity contribution in [3.63, 3.8) is 0 Å². The normalized spacial score (nSPS) is 17.1. The molecule has 104 valence electrons. The highest BCUT2D eigenvalue weighted by atomic mass is 19.4. The van der Waals surface area contributed by atoms with E-state index >= 15 is 0 Å². The summed E-state index contributed by atoms with van der Waals surface area (Å²) in [6.07, 6.45) is -2.77. The molecule has 0 fully saturated rings. The van der Waals surface area contributed by atoms with E-state index in [0.29, 0.717) is 13.1 Å². The van der Waals surface area contributed by atoms with Crippen LogP contribution in [0.1, 0.15) is 6.42 Å². The standard InChI is InChI=1S/C14H17F3N2/c15-14(16,17)12-6-9-19(10-7-12)11-8-18-13-4-2-1-3-5-13/h1-6,18H,7-11H2. The Labute approximate surface area is 110 Å². The third kappa shape index (κ3) is 4.28. The number of nitrogens with zero attached hydrogens (tertiary/aromatic N) is 1. The van der Waals surface area contributed by atoms with Gasteiger partial charge in [-0.1, -0.05) is 24.3 Å². The molecular formula is C14H17F3N2. The molecule has 0 radical (unpaired) electrons. The largest absolute Gasteiger partial charge is 0.412 e. The average Bonchev–Trinajstić information content (AvgIpc) is 2.39. The van der Waals surface area contributed by atoms with Gasteiger partial charge in [0.1, 0.15) is 0 Å². The molecule has 1 aromatic carbocycles. The molecule has 5 heteroatoms. The molecule has 0 aliphatic carbocycles. The summed E-state index contributed by atoms with van der Waals surface area (Å²) in [5.74, 6) is 0. The fourth-order valence-electron chi connectivity index (χ4n) is 2.09. The molecule has 0 spiro atoms. The molecule has 1 aliphatic rings. The first kappa shape index (κ1) is 13.9. The highest BCUT2D eigenvalue weighted by Gasteiger charge is 2.34. The van der Waals surface area contributed by atoms with Crippen LogP contribution >= 0.6 is 0 Å². The predicted octanol–water partition coefficient (Wildman–Crippen LogP) is 3.29. The fraction of sp³-hybridized carbons (Fsp3) is 0.429. The van der Waals surface area contributed by atoms with Crippen LogP contribution in [-0.4, -0.2) is 37.3 Å². The van der Waals surface area contributed by atoms with E-state index in [-0.39, 0.29) is 12.0 Å². The molecule has 0 amide bonds. The minimum atomic E-state index is -4.16. The van der Waals surface area contributed by atoms with Crippen LogP contribution in [0.15, 0.2) is 42.0 Å². The number of benzene rings is 1. The van der Waals surface area contributed by atoms with Crippen molar-refractivity contribution in [2.75, 3.05) is 31.5 Å². The van der Waals surface area contributed by atoms with E-state index in [1.165, 1.54) is 6.08 Å². The van der Waals surface area contributed by atoms with Crippen molar-refractivity contribution < 1.29 is 13.2 Å². The van der Waals surface area contributed by atoms with E-state index in [2.05, 4.69) is 5.32 Å². The molecule has 1 heterocycles. The maximum atomic E-state index is 12.4. The summed E-state index contributed by atoms with van der Waals surface area (Å²) in [5, 5.41) is 3.25. The monoisotopic (exact) mass is 270 g/mol. The molecule has 0 atom stereocenters. The van der Waals surface area contributed by atoms with Gasteiger partial charge in [0.05, 0.1) is 0 Å². The lowest BCUT2D eigenvalue weighted by molar-refractivity contribution is -0.0959. The van der Waals surface area contributed by atoms with E-state index in [9.17, 15) is 13.2 Å². The van der Waals surface area contributed by atoms with Gasteiger partial charge in [0, 0.05) is 37.4 Å². The van der Waals surface area contributed by atoms with Gasteiger partial charge in [-0.3, -0.25) is 4.90 Å². The van der Waals surface area contributed by atoms with Gasteiger partial charge < -0.3 is 5.32 Å². The maximum Gasteiger partial charge on any atom is 0.412 e. The summed E-state index contributed by atoms with van der Waals surface area (Å²) < 4.78 is 37.3. The van der Waals surface area contributed by atoms with E-state index in [0.717, 1.165) is 18.8 Å². The Morgan fingerprint density at radius 3 is 2.47 bits per heavy atom. The summed E-state index contributed by atoms with van der Waals surface area (Å²) in [6.45, 7) is 2.34. The number of halogens is 3. The molecule has 0 bridgehead atoms. The summed E-state index contributed by atoms with van der Waals surface area (Å²) in [6, 6.07) is 9.78. The maximum absolute atomic E-state index is 12.4. The number of para-hydroxylation sites is 1. The molecule has 0 saturated heterocycles. The first-order valence-electron chi connectivity index (χ1n) is 6.33. The lowest BCUT2D eigenvalue weighted by atomic mass is 10.1. The van der Waals surface area contributed by atoms with Crippen LogP contribution in [-0.2, 0) is 0 Å². The zero-order chi connectivity index (χ0) is 13.7. The van der Waals surface area contributed by atoms with Crippen molar-refractivity contribution in [1.82, 2.24) is 4.90 Å². The summed E-state index contributed by atoms with van der Waals surface area (Å²) >= 11 is 0. The fourth-order valence-corrected chi connectivity index (χ4v) is 2.09. The summed E-state index contributed by atoms with van der Waals surface area (Å²) in [7, 11) is 0. The quantitative estimate of drug-likeness (QED) is 0.845. The van der Waals surface area contributed by atoms with Gasteiger partial charge in [-0.25, -0.2) is 0 Å². The topological polar surface area (TPSA) is 15.3 Å². The van der Waals surface area contributed by atoms with Crippen molar-refractivity contribution in [3.8, 4) is 0 Å². The Kier molecular flexibility index (Phi) is 4.47. The Hall–Kier alpha value is -1.49. The van der Waals surface area contributed by atoms with Gasteiger partial charge in [-0.15, -0.1) is 0 Å². The van der Waals surface area contributed by atoms with Crippen molar-refractivity contribution in [2.24, 2.45) is 0 Å². The smallest absolute Gasteiger partial charge is 0.384 e. The zero-order valence-electron chi connectivity index (χ0n) is 10.6. The molecular weight excluding hydrogens is 253 g/mol. The van der Waals surface area contributed by atoms with E-state index < -0.39 is 6.18 Å². The highest BCUT2D eigenvalue weighted by molar-refractivity contribution is 5.42. The Bertz CT molecular complexity index is 426. The molecule has 1 aromatic rings. The third-order valence-electron chi connectivity index (χ3n) is 3.19. The lowest BCUT2D eigenvalue weighted by Crippen LogP contribution is -2.35. The Morgan fingerprint density at radius 2 is 1.89 bits per heavy atom. The first-order valence-corrected chi connectivity index (χ1v) is 6.33. The van der Waals surface area contributed by atoms with Crippen LogP contribution in [0.25, 0.3) is 0 Å². The summed E-state index contributed by atoms with van der Waals surface area (Å²) in [5.41, 5.74) is 0.644. The van der Waals surface area contributed by atoms with Gasteiger partial charge in [0.2, 0.25) is 0 Å². The van der Waals surface area contributed by atoms with Crippen molar-refractivity contribution in [1.29, 1.82) is 0 Å². The minimum Gasteiger partial charge on any atom is -0.384 e. The molecule has 1 N–H and O–H groups in total. The number of anilines is 1. The SMILES string of the molecule is FC(F)(F)C1=CCN(CCNc2ccccc2)CC1. The van der Waals surface area contributed by atoms with E-state index in [4.69, 9.17) is 0 Å². The summed E-state index contributed by atoms with van der Waals surface area (Å²) in [4.78, 5) is 2.02. The molecule has 2 rings (SSSR count). The Balaban J connectivity index is 1.73. The number of hydrogen-bond donors (Lipinski definition) is 1. The van der Waals surface area contributed by atoms with Gasteiger partial charge in [-0.2, -0.15) is 13.2 Å². The van der Waals surface area contributed by atoms with Crippen LogP contribution in [0.2, 0.25) is 0 Å². The first-order chi connectivity index (χ1) is 9.05. The number of nitrogens with one attached hydrogen (secondary N) is 1. The van der Waals surface area contributed by atoms with Gasteiger partial charge in [0.25, 0.3) is 0 Å². The molecule has 0 aromatic heterocycles.